The van der Waals surface area contributed by atoms with Gasteiger partial charge in [-0.3, -0.25) is 0 Å². The van der Waals surface area contributed by atoms with Crippen LogP contribution in [-0.4, -0.2) is 5.11 Å². The number of aliphatic hydroxyl groups is 1. The van der Waals surface area contributed by atoms with Gasteiger partial charge in [0.1, 0.15) is 6.10 Å². The first-order chi connectivity index (χ1) is 7.18. The SMILES string of the molecule is OC(c1ccsc1)c1ccc(Cl)c(Cl)c1. The number of hydrogen-bond acceptors (Lipinski definition) is 2. The van der Waals surface area contributed by atoms with E-state index in [0.29, 0.717) is 10.0 Å². The highest BCUT2D eigenvalue weighted by Crippen LogP contribution is 2.29. The van der Waals surface area contributed by atoms with Crippen molar-refractivity contribution in [2.75, 3.05) is 0 Å². The Morgan fingerprint density at radius 2 is 1.87 bits per heavy atom. The highest BCUT2D eigenvalue weighted by molar-refractivity contribution is 7.07. The van der Waals surface area contributed by atoms with Gasteiger partial charge >= 0.3 is 0 Å². The second-order valence-electron chi connectivity index (χ2n) is 3.13. The molecule has 1 aromatic heterocycles. The highest BCUT2D eigenvalue weighted by Gasteiger charge is 2.11. The highest BCUT2D eigenvalue weighted by atomic mass is 35.5. The van der Waals surface area contributed by atoms with Crippen molar-refractivity contribution >= 4 is 34.5 Å². The van der Waals surface area contributed by atoms with Crippen LogP contribution in [0, 0.1) is 0 Å². The van der Waals surface area contributed by atoms with Gasteiger partial charge in [0.05, 0.1) is 10.0 Å². The lowest BCUT2D eigenvalue weighted by Crippen LogP contribution is -1.97. The van der Waals surface area contributed by atoms with E-state index in [0.717, 1.165) is 11.1 Å². The summed E-state index contributed by atoms with van der Waals surface area (Å²) in [7, 11) is 0. The minimum absolute atomic E-state index is 0.462. The minimum atomic E-state index is -0.633. The average Bonchev–Trinajstić information content (AvgIpc) is 2.74. The molecule has 1 N–H and O–H groups in total. The van der Waals surface area contributed by atoms with E-state index in [1.54, 1.807) is 29.5 Å². The Hall–Kier alpha value is -0.540. The number of benzene rings is 1. The summed E-state index contributed by atoms with van der Waals surface area (Å²) in [6.07, 6.45) is -0.633. The standard InChI is InChI=1S/C11H8Cl2OS/c12-9-2-1-7(5-10(9)13)11(14)8-3-4-15-6-8/h1-6,11,14H. The summed E-state index contributed by atoms with van der Waals surface area (Å²) in [5.74, 6) is 0. The maximum Gasteiger partial charge on any atom is 0.105 e. The molecule has 0 saturated heterocycles. The lowest BCUT2D eigenvalue weighted by molar-refractivity contribution is 0.221. The molecule has 15 heavy (non-hydrogen) atoms. The summed E-state index contributed by atoms with van der Waals surface area (Å²) in [4.78, 5) is 0. The topological polar surface area (TPSA) is 20.2 Å². The van der Waals surface area contributed by atoms with Crippen molar-refractivity contribution in [2.24, 2.45) is 0 Å². The minimum Gasteiger partial charge on any atom is -0.384 e. The zero-order valence-corrected chi connectivity index (χ0v) is 9.98. The first-order valence-corrected chi connectivity index (χ1v) is 6.03. The van der Waals surface area contributed by atoms with Gasteiger partial charge in [-0.25, -0.2) is 0 Å². The summed E-state index contributed by atoms with van der Waals surface area (Å²) < 4.78 is 0. The Morgan fingerprint density at radius 3 is 2.47 bits per heavy atom. The molecule has 1 heterocycles. The van der Waals surface area contributed by atoms with Crippen LogP contribution in [0.2, 0.25) is 10.0 Å². The van der Waals surface area contributed by atoms with Crippen LogP contribution in [0.1, 0.15) is 17.2 Å². The number of aliphatic hydroxyl groups excluding tert-OH is 1. The Kier molecular flexibility index (Phi) is 3.32. The van der Waals surface area contributed by atoms with E-state index in [1.807, 2.05) is 16.8 Å². The van der Waals surface area contributed by atoms with Crippen molar-refractivity contribution in [2.45, 2.75) is 6.10 Å². The van der Waals surface area contributed by atoms with Gasteiger partial charge in [0.2, 0.25) is 0 Å². The first-order valence-electron chi connectivity index (χ1n) is 4.33. The molecule has 0 aliphatic rings. The van der Waals surface area contributed by atoms with Gasteiger partial charge in [0, 0.05) is 0 Å². The number of rotatable bonds is 2. The molecule has 0 amide bonds. The third-order valence-electron chi connectivity index (χ3n) is 2.12. The summed E-state index contributed by atoms with van der Waals surface area (Å²) in [6.45, 7) is 0. The van der Waals surface area contributed by atoms with E-state index in [-0.39, 0.29) is 0 Å². The monoisotopic (exact) mass is 258 g/mol. The molecule has 1 nitrogen and oxygen atoms in total. The van der Waals surface area contributed by atoms with E-state index >= 15 is 0 Å². The fraction of sp³-hybridized carbons (Fsp3) is 0.0909. The van der Waals surface area contributed by atoms with E-state index in [9.17, 15) is 5.11 Å². The molecule has 1 atom stereocenters. The Labute approximate surface area is 102 Å². The lowest BCUT2D eigenvalue weighted by Gasteiger charge is -2.09. The van der Waals surface area contributed by atoms with Crippen LogP contribution < -0.4 is 0 Å². The van der Waals surface area contributed by atoms with Gasteiger partial charge < -0.3 is 5.11 Å². The quantitative estimate of drug-likeness (QED) is 0.859. The molecule has 1 aromatic carbocycles. The molecule has 0 fully saturated rings. The number of hydrogen-bond donors (Lipinski definition) is 1. The second kappa shape index (κ2) is 4.54. The smallest absolute Gasteiger partial charge is 0.105 e. The first kappa shape index (κ1) is 11.0. The predicted octanol–water partition coefficient (Wildman–Crippen LogP) is 4.14. The van der Waals surface area contributed by atoms with Gasteiger partial charge in [-0.05, 0) is 40.1 Å². The van der Waals surface area contributed by atoms with Crippen LogP contribution in [0.25, 0.3) is 0 Å². The Bertz CT molecular complexity index is 454. The van der Waals surface area contributed by atoms with Crippen molar-refractivity contribution in [3.63, 3.8) is 0 Å². The third kappa shape index (κ3) is 2.34. The largest absolute Gasteiger partial charge is 0.384 e. The van der Waals surface area contributed by atoms with Crippen LogP contribution in [0.3, 0.4) is 0 Å². The van der Waals surface area contributed by atoms with E-state index in [1.165, 1.54) is 0 Å². The van der Waals surface area contributed by atoms with Gasteiger partial charge in [-0.15, -0.1) is 0 Å². The summed E-state index contributed by atoms with van der Waals surface area (Å²) in [5, 5.41) is 14.8. The predicted molar refractivity (Wildman–Crippen MR) is 64.8 cm³/mol. The van der Waals surface area contributed by atoms with Crippen molar-refractivity contribution in [3.8, 4) is 0 Å². The lowest BCUT2D eigenvalue weighted by atomic mass is 10.0. The number of thiophene rings is 1. The molecule has 78 valence electrons. The van der Waals surface area contributed by atoms with Gasteiger partial charge in [-0.1, -0.05) is 29.3 Å². The van der Waals surface area contributed by atoms with Crippen molar-refractivity contribution in [1.82, 2.24) is 0 Å². The summed E-state index contributed by atoms with van der Waals surface area (Å²) in [5.41, 5.74) is 1.63. The maximum atomic E-state index is 10.0. The van der Waals surface area contributed by atoms with Crippen molar-refractivity contribution < 1.29 is 5.11 Å². The van der Waals surface area contributed by atoms with Gasteiger partial charge in [0.15, 0.2) is 0 Å². The van der Waals surface area contributed by atoms with Crippen molar-refractivity contribution in [1.29, 1.82) is 0 Å². The van der Waals surface area contributed by atoms with E-state index in [4.69, 9.17) is 23.2 Å². The number of halogens is 2. The molecule has 2 rings (SSSR count). The molecular formula is C11H8Cl2OS. The van der Waals surface area contributed by atoms with Crippen LogP contribution in [0.4, 0.5) is 0 Å². The van der Waals surface area contributed by atoms with Crippen LogP contribution in [0.5, 0.6) is 0 Å². The molecule has 0 saturated carbocycles. The van der Waals surface area contributed by atoms with Crippen molar-refractivity contribution in [3.05, 3.63) is 56.2 Å². The zero-order chi connectivity index (χ0) is 10.8. The molecule has 0 spiro atoms. The maximum absolute atomic E-state index is 10.0. The van der Waals surface area contributed by atoms with E-state index < -0.39 is 6.10 Å². The molecule has 0 aliphatic heterocycles. The second-order valence-corrected chi connectivity index (χ2v) is 4.73. The van der Waals surface area contributed by atoms with Crippen LogP contribution in [-0.2, 0) is 0 Å². The zero-order valence-electron chi connectivity index (χ0n) is 7.65. The molecule has 0 radical (unpaired) electrons. The van der Waals surface area contributed by atoms with Gasteiger partial charge in [-0.2, -0.15) is 11.3 Å². The Morgan fingerprint density at radius 1 is 1.07 bits per heavy atom. The third-order valence-corrected chi connectivity index (χ3v) is 3.56. The molecule has 2 aromatic rings. The molecule has 4 heteroatoms. The summed E-state index contributed by atoms with van der Waals surface area (Å²) >= 11 is 13.2. The van der Waals surface area contributed by atoms with Crippen LogP contribution in [0.15, 0.2) is 35.0 Å². The van der Waals surface area contributed by atoms with Crippen LogP contribution >= 0.6 is 34.5 Å². The van der Waals surface area contributed by atoms with E-state index in [2.05, 4.69) is 0 Å². The molecule has 1 unspecified atom stereocenters. The normalized spacial score (nSPS) is 12.7. The fourth-order valence-corrected chi connectivity index (χ4v) is 2.29. The average molecular weight is 259 g/mol. The molecule has 0 bridgehead atoms. The van der Waals surface area contributed by atoms with Gasteiger partial charge in [0.25, 0.3) is 0 Å². The molecule has 0 aliphatic carbocycles. The summed E-state index contributed by atoms with van der Waals surface area (Å²) in [6, 6.07) is 7.04. The fourth-order valence-electron chi connectivity index (χ4n) is 1.31. The Balaban J connectivity index is 2.34. The molecular weight excluding hydrogens is 251 g/mol.